The van der Waals surface area contributed by atoms with Gasteiger partial charge in [0.05, 0.1) is 18.2 Å². The SMILES string of the molecule is CCCC[S+]([O-])N[C@@H](C)c1ccc(C(F)(F)F)c(OCC2CC2)c1. The van der Waals surface area contributed by atoms with Crippen LogP contribution in [0, 0.1) is 5.92 Å². The number of hydrogen-bond acceptors (Lipinski definition) is 3. The molecule has 0 amide bonds. The van der Waals surface area contributed by atoms with Crippen molar-refractivity contribution in [3.63, 3.8) is 0 Å². The Balaban J connectivity index is 2.10. The quantitative estimate of drug-likeness (QED) is 0.652. The van der Waals surface area contributed by atoms with E-state index in [9.17, 15) is 17.7 Å². The van der Waals surface area contributed by atoms with E-state index in [2.05, 4.69) is 4.72 Å². The molecule has 7 heteroatoms. The van der Waals surface area contributed by atoms with Crippen molar-refractivity contribution in [1.29, 1.82) is 0 Å². The van der Waals surface area contributed by atoms with Gasteiger partial charge in [-0.25, -0.2) is 0 Å². The molecule has 1 N–H and O–H groups in total. The second-order valence-corrected chi connectivity index (χ2v) is 7.59. The predicted octanol–water partition coefficient (Wildman–Crippen LogP) is 4.61. The molecule has 1 fully saturated rings. The first-order valence-electron chi connectivity index (χ1n) is 8.29. The highest BCUT2D eigenvalue weighted by atomic mass is 32.2. The maximum atomic E-state index is 13.1. The van der Waals surface area contributed by atoms with Crippen LogP contribution < -0.4 is 9.46 Å². The third kappa shape index (κ3) is 5.86. The number of unbranched alkanes of at least 4 members (excludes halogenated alkanes) is 1. The maximum Gasteiger partial charge on any atom is 0.419 e. The molecule has 1 aliphatic rings. The van der Waals surface area contributed by atoms with E-state index in [-0.39, 0.29) is 11.8 Å². The maximum absolute atomic E-state index is 13.1. The zero-order valence-corrected chi connectivity index (χ0v) is 14.8. The van der Waals surface area contributed by atoms with Crippen LogP contribution in [-0.4, -0.2) is 16.9 Å². The van der Waals surface area contributed by atoms with Gasteiger partial charge in [0.1, 0.15) is 11.5 Å². The molecule has 2 rings (SSSR count). The molecule has 0 aliphatic heterocycles. The number of hydrogen-bond donors (Lipinski definition) is 1. The molecule has 0 heterocycles. The summed E-state index contributed by atoms with van der Waals surface area (Å²) in [6.07, 6.45) is -0.640. The van der Waals surface area contributed by atoms with Crippen molar-refractivity contribution in [2.45, 2.75) is 51.7 Å². The summed E-state index contributed by atoms with van der Waals surface area (Å²) in [5, 5.41) is 0. The van der Waals surface area contributed by atoms with Crippen molar-refractivity contribution in [1.82, 2.24) is 4.72 Å². The fraction of sp³-hybridized carbons (Fsp3) is 0.647. The highest BCUT2D eigenvalue weighted by Gasteiger charge is 2.35. The largest absolute Gasteiger partial charge is 0.598 e. The molecule has 3 nitrogen and oxygen atoms in total. The molecule has 0 saturated heterocycles. The number of nitrogens with one attached hydrogen (secondary N) is 1. The fourth-order valence-corrected chi connectivity index (χ4v) is 3.45. The summed E-state index contributed by atoms with van der Waals surface area (Å²) in [7, 11) is 0. The van der Waals surface area contributed by atoms with Crippen LogP contribution >= 0.6 is 0 Å². The lowest BCUT2D eigenvalue weighted by atomic mass is 10.1. The van der Waals surface area contributed by atoms with Crippen molar-refractivity contribution in [2.75, 3.05) is 12.4 Å². The van der Waals surface area contributed by atoms with Gasteiger partial charge in [-0.3, -0.25) is 0 Å². The molecular weight excluding hydrogens is 339 g/mol. The molecule has 0 spiro atoms. The van der Waals surface area contributed by atoms with Gasteiger partial charge >= 0.3 is 6.18 Å². The molecule has 0 bridgehead atoms. The summed E-state index contributed by atoms with van der Waals surface area (Å²) in [6, 6.07) is 3.57. The molecule has 0 radical (unpaired) electrons. The van der Waals surface area contributed by atoms with Crippen LogP contribution in [-0.2, 0) is 17.5 Å². The van der Waals surface area contributed by atoms with E-state index >= 15 is 0 Å². The van der Waals surface area contributed by atoms with Crippen molar-refractivity contribution < 1.29 is 22.5 Å². The first-order chi connectivity index (χ1) is 11.3. The van der Waals surface area contributed by atoms with Gasteiger partial charge in [-0.05, 0) is 49.8 Å². The molecule has 1 aliphatic carbocycles. The lowest BCUT2D eigenvalue weighted by Gasteiger charge is -2.20. The van der Waals surface area contributed by atoms with Crippen LogP contribution in [0.1, 0.15) is 56.7 Å². The van der Waals surface area contributed by atoms with Gasteiger partial charge in [0.25, 0.3) is 0 Å². The van der Waals surface area contributed by atoms with Crippen LogP contribution in [0.3, 0.4) is 0 Å². The van der Waals surface area contributed by atoms with E-state index in [4.69, 9.17) is 4.74 Å². The minimum Gasteiger partial charge on any atom is -0.598 e. The number of ether oxygens (including phenoxy) is 1. The molecule has 1 unspecified atom stereocenters. The number of benzene rings is 1. The molecule has 136 valence electrons. The Labute approximate surface area is 144 Å². The van der Waals surface area contributed by atoms with E-state index in [1.54, 1.807) is 6.92 Å². The van der Waals surface area contributed by atoms with Crippen LogP contribution in [0.4, 0.5) is 13.2 Å². The molecule has 1 aromatic rings. The monoisotopic (exact) mass is 363 g/mol. The summed E-state index contributed by atoms with van der Waals surface area (Å²) in [6.45, 7) is 4.12. The van der Waals surface area contributed by atoms with Gasteiger partial charge in [0, 0.05) is 11.4 Å². The average molecular weight is 363 g/mol. The van der Waals surface area contributed by atoms with Gasteiger partial charge < -0.3 is 9.29 Å². The van der Waals surface area contributed by atoms with Gasteiger partial charge in [0.2, 0.25) is 0 Å². The second-order valence-electron chi connectivity index (χ2n) is 6.25. The first kappa shape index (κ1) is 19.4. The Morgan fingerprint density at radius 1 is 1.38 bits per heavy atom. The molecule has 2 atom stereocenters. The molecule has 1 saturated carbocycles. The molecule has 1 aromatic carbocycles. The highest BCUT2D eigenvalue weighted by Crippen LogP contribution is 2.39. The summed E-state index contributed by atoms with van der Waals surface area (Å²) >= 11 is -1.19. The number of alkyl halides is 3. The second kappa shape index (κ2) is 8.45. The van der Waals surface area contributed by atoms with Crippen molar-refractivity contribution in [3.8, 4) is 5.75 Å². The Morgan fingerprint density at radius 2 is 2.08 bits per heavy atom. The zero-order chi connectivity index (χ0) is 17.7. The Morgan fingerprint density at radius 3 is 2.67 bits per heavy atom. The van der Waals surface area contributed by atoms with Crippen molar-refractivity contribution >= 4 is 11.4 Å². The topological polar surface area (TPSA) is 44.3 Å². The van der Waals surface area contributed by atoms with Gasteiger partial charge in [-0.15, -0.1) is 4.72 Å². The summed E-state index contributed by atoms with van der Waals surface area (Å²) in [4.78, 5) is 0. The van der Waals surface area contributed by atoms with Gasteiger partial charge in [0.15, 0.2) is 0 Å². The van der Waals surface area contributed by atoms with E-state index < -0.39 is 23.1 Å². The van der Waals surface area contributed by atoms with Crippen LogP contribution in [0.15, 0.2) is 18.2 Å². The van der Waals surface area contributed by atoms with Crippen molar-refractivity contribution in [3.05, 3.63) is 29.3 Å². The molecule has 0 aromatic heterocycles. The Kier molecular flexibility index (Phi) is 6.83. The summed E-state index contributed by atoms with van der Waals surface area (Å²) < 4.78 is 59.6. The van der Waals surface area contributed by atoms with Gasteiger partial charge in [-0.2, -0.15) is 13.2 Å². The van der Waals surface area contributed by atoms with Crippen LogP contribution in [0.2, 0.25) is 0 Å². The number of rotatable bonds is 9. The molecular formula is C17H24F3NO2S. The van der Waals surface area contributed by atoms with Gasteiger partial charge in [-0.1, -0.05) is 19.4 Å². The standard InChI is InChI=1S/C17H24F3NO2S/c1-3-4-9-24(22)21-12(2)14-7-8-15(17(18,19)20)16(10-14)23-11-13-5-6-13/h7-8,10,12-13,21H,3-6,9,11H2,1-2H3/t12-,24?/m0/s1. The van der Waals surface area contributed by atoms with E-state index in [0.29, 0.717) is 23.8 Å². The van der Waals surface area contributed by atoms with E-state index in [0.717, 1.165) is 31.7 Å². The minimum absolute atomic E-state index is 0.139. The Hall–Kier alpha value is -0.920. The Bertz CT molecular complexity index is 535. The lowest BCUT2D eigenvalue weighted by molar-refractivity contribution is -0.139. The predicted molar refractivity (Wildman–Crippen MR) is 89.1 cm³/mol. The van der Waals surface area contributed by atoms with Crippen LogP contribution in [0.5, 0.6) is 5.75 Å². The minimum atomic E-state index is -4.45. The van der Waals surface area contributed by atoms with E-state index in [1.807, 2.05) is 6.92 Å². The zero-order valence-electron chi connectivity index (χ0n) is 14.0. The van der Waals surface area contributed by atoms with Crippen LogP contribution in [0.25, 0.3) is 0 Å². The number of halogens is 3. The summed E-state index contributed by atoms with van der Waals surface area (Å²) in [5.41, 5.74) is -0.121. The third-order valence-electron chi connectivity index (χ3n) is 3.97. The van der Waals surface area contributed by atoms with Crippen molar-refractivity contribution in [2.24, 2.45) is 5.92 Å². The fourth-order valence-electron chi connectivity index (χ4n) is 2.25. The summed E-state index contributed by atoms with van der Waals surface area (Å²) in [5.74, 6) is 0.763. The average Bonchev–Trinajstić information content (AvgIpc) is 3.34. The molecule has 24 heavy (non-hydrogen) atoms. The highest BCUT2D eigenvalue weighted by molar-refractivity contribution is 7.89. The first-order valence-corrected chi connectivity index (χ1v) is 9.61. The van der Waals surface area contributed by atoms with E-state index in [1.165, 1.54) is 12.1 Å². The smallest absolute Gasteiger partial charge is 0.419 e. The normalized spacial score (nSPS) is 17.6. The lowest BCUT2D eigenvalue weighted by Crippen LogP contribution is -2.29. The third-order valence-corrected chi connectivity index (χ3v) is 5.25.